The first-order chi connectivity index (χ1) is 21.2. The molecule has 1 aliphatic rings. The number of benzene rings is 1. The number of esters is 1. The number of nitrogens with zero attached hydrogens (tertiary/aromatic N) is 7. The highest BCUT2D eigenvalue weighted by Gasteiger charge is 2.35. The number of carbonyl (C=O) groups excluding carboxylic acids is 2. The second kappa shape index (κ2) is 14.5. The number of ether oxygens (including phenoxy) is 2. The van der Waals surface area contributed by atoms with Gasteiger partial charge in [-0.15, -0.1) is 5.10 Å². The van der Waals surface area contributed by atoms with Crippen molar-refractivity contribution in [2.45, 2.75) is 44.4 Å². The molecule has 17 heteroatoms. The fourth-order valence-electron chi connectivity index (χ4n) is 4.73. The van der Waals surface area contributed by atoms with Gasteiger partial charge in [-0.05, 0) is 44.9 Å². The summed E-state index contributed by atoms with van der Waals surface area (Å²) in [4.78, 5) is 35.4. The number of piperidine rings is 1. The number of halogens is 1. The van der Waals surface area contributed by atoms with Crippen molar-refractivity contribution in [2.24, 2.45) is 11.5 Å². The van der Waals surface area contributed by atoms with Gasteiger partial charge in [0.05, 0.1) is 53.9 Å². The van der Waals surface area contributed by atoms with Crippen LogP contribution in [-0.2, 0) is 14.3 Å². The van der Waals surface area contributed by atoms with E-state index in [1.807, 2.05) is 17.9 Å². The Morgan fingerprint density at radius 1 is 1.30 bits per heavy atom. The topological polar surface area (TPSA) is 235 Å². The third-order valence-corrected chi connectivity index (χ3v) is 7.33. The molecule has 1 aromatic carbocycles. The highest BCUT2D eigenvalue weighted by molar-refractivity contribution is 6.36. The average molecular weight is 625 g/mol. The van der Waals surface area contributed by atoms with Gasteiger partial charge in [0.25, 0.3) is 0 Å². The second-order valence-electron chi connectivity index (χ2n) is 9.89. The monoisotopic (exact) mass is 624 g/mol. The Bertz CT molecular complexity index is 1600. The van der Waals surface area contributed by atoms with Gasteiger partial charge in [-0.1, -0.05) is 11.6 Å². The zero-order chi connectivity index (χ0) is 31.8. The van der Waals surface area contributed by atoms with Crippen LogP contribution in [0.15, 0.2) is 18.3 Å². The van der Waals surface area contributed by atoms with E-state index in [4.69, 9.17) is 32.5 Å². The van der Waals surface area contributed by atoms with Crippen molar-refractivity contribution in [1.82, 2.24) is 24.9 Å². The number of alkyl carbamates (subject to hydrolysis) is 1. The van der Waals surface area contributed by atoms with E-state index in [0.717, 1.165) is 0 Å². The Labute approximate surface area is 258 Å². The predicted molar refractivity (Wildman–Crippen MR) is 161 cm³/mol. The largest absolute Gasteiger partial charge is 0.457 e. The first-order valence-electron chi connectivity index (χ1n) is 13.9. The number of aromatic nitrogens is 4. The lowest BCUT2D eigenvalue weighted by Gasteiger charge is -2.40. The van der Waals surface area contributed by atoms with Crippen LogP contribution < -0.4 is 32.3 Å². The van der Waals surface area contributed by atoms with Crippen molar-refractivity contribution < 1.29 is 19.1 Å². The summed E-state index contributed by atoms with van der Waals surface area (Å²) in [6, 6.07) is 5.90. The quantitative estimate of drug-likeness (QED) is 0.191. The molecule has 0 spiro atoms. The van der Waals surface area contributed by atoms with Gasteiger partial charge in [-0.2, -0.15) is 20.0 Å². The van der Waals surface area contributed by atoms with E-state index >= 15 is 0 Å². The third kappa shape index (κ3) is 7.17. The normalized spacial score (nSPS) is 16.8. The summed E-state index contributed by atoms with van der Waals surface area (Å²) in [6.07, 6.45) is 1.18. The second-order valence-corrected chi connectivity index (χ2v) is 10.3. The van der Waals surface area contributed by atoms with Gasteiger partial charge in [0.2, 0.25) is 5.95 Å². The van der Waals surface area contributed by atoms with Gasteiger partial charge >= 0.3 is 12.1 Å². The standard InChI is InChI=1S/C27H33ClN12O4/c1-3-33-23-24-34-13-16(12-31)40(24)38-26(37-23)35-19-9-15(11-30)10-20(22(19)28)39-8-6-18(36-27(42)43-2)21(14-39)44-25(41)17(32)5-4-7-29/h9-10,13,17-18,21H,3-8,14,29,32H2,1-2H3,(H,36,42)(H2,33,35,37,38). The lowest BCUT2D eigenvalue weighted by Crippen LogP contribution is -2.56. The summed E-state index contributed by atoms with van der Waals surface area (Å²) >= 11 is 6.90. The number of nitrogens with one attached hydrogen (secondary N) is 3. The number of amides is 1. The molecule has 1 fully saturated rings. The molecule has 44 heavy (non-hydrogen) atoms. The van der Waals surface area contributed by atoms with Crippen LogP contribution in [0.4, 0.5) is 27.9 Å². The summed E-state index contributed by atoms with van der Waals surface area (Å²) in [5, 5.41) is 32.8. The van der Waals surface area contributed by atoms with Gasteiger partial charge in [0, 0.05) is 13.1 Å². The predicted octanol–water partition coefficient (Wildman–Crippen LogP) is 1.61. The molecule has 2 aromatic heterocycles. The van der Waals surface area contributed by atoms with Gasteiger partial charge in [-0.25, -0.2) is 9.78 Å². The molecular weight excluding hydrogens is 592 g/mol. The molecule has 7 N–H and O–H groups in total. The molecular formula is C27H33ClN12O4. The van der Waals surface area contributed by atoms with Crippen LogP contribution in [0.5, 0.6) is 0 Å². The van der Waals surface area contributed by atoms with Crippen LogP contribution in [0.2, 0.25) is 5.02 Å². The minimum absolute atomic E-state index is 0.102. The maximum Gasteiger partial charge on any atom is 0.407 e. The summed E-state index contributed by atoms with van der Waals surface area (Å²) in [6.45, 7) is 3.34. The van der Waals surface area contributed by atoms with Crippen LogP contribution in [0, 0.1) is 22.7 Å². The number of nitrogens with two attached hydrogens (primary N) is 2. The van der Waals surface area contributed by atoms with E-state index in [-0.39, 0.29) is 28.8 Å². The fraction of sp³-hybridized carbons (Fsp3) is 0.444. The van der Waals surface area contributed by atoms with E-state index in [9.17, 15) is 20.1 Å². The van der Waals surface area contributed by atoms with Crippen LogP contribution in [0.3, 0.4) is 0 Å². The van der Waals surface area contributed by atoms with Gasteiger partial charge in [-0.3, -0.25) is 4.79 Å². The van der Waals surface area contributed by atoms with E-state index in [2.05, 4.69) is 37.1 Å². The molecule has 1 saturated heterocycles. The molecule has 1 amide bonds. The Morgan fingerprint density at radius 2 is 2.09 bits per heavy atom. The van der Waals surface area contributed by atoms with E-state index < -0.39 is 30.3 Å². The number of nitriles is 2. The molecule has 4 rings (SSSR count). The number of anilines is 4. The van der Waals surface area contributed by atoms with E-state index in [0.29, 0.717) is 61.7 Å². The lowest BCUT2D eigenvalue weighted by molar-refractivity contribution is -0.152. The number of hydrogen-bond donors (Lipinski definition) is 5. The van der Waals surface area contributed by atoms with Crippen LogP contribution in [-0.4, -0.2) is 83.1 Å². The summed E-state index contributed by atoms with van der Waals surface area (Å²) in [5.41, 5.74) is 13.2. The van der Waals surface area contributed by atoms with Gasteiger partial charge < -0.3 is 41.8 Å². The molecule has 0 bridgehead atoms. The van der Waals surface area contributed by atoms with Crippen molar-refractivity contribution >= 4 is 52.5 Å². The zero-order valence-corrected chi connectivity index (χ0v) is 25.0. The molecule has 3 aromatic rings. The average Bonchev–Trinajstić information content (AvgIpc) is 3.45. The Balaban J connectivity index is 1.65. The maximum absolute atomic E-state index is 12.8. The number of rotatable bonds is 11. The summed E-state index contributed by atoms with van der Waals surface area (Å²) < 4.78 is 11.9. The van der Waals surface area contributed by atoms with Crippen molar-refractivity contribution in [3.63, 3.8) is 0 Å². The molecule has 0 aliphatic carbocycles. The molecule has 3 unspecified atom stereocenters. The van der Waals surface area contributed by atoms with Gasteiger partial charge in [0.15, 0.2) is 17.2 Å². The molecule has 232 valence electrons. The highest BCUT2D eigenvalue weighted by atomic mass is 35.5. The molecule has 0 saturated carbocycles. The van der Waals surface area contributed by atoms with Crippen LogP contribution >= 0.6 is 11.6 Å². The lowest BCUT2D eigenvalue weighted by atomic mass is 10.00. The molecule has 3 heterocycles. The third-order valence-electron chi connectivity index (χ3n) is 6.93. The Kier molecular flexibility index (Phi) is 10.6. The van der Waals surface area contributed by atoms with Crippen molar-refractivity contribution in [2.75, 3.05) is 48.8 Å². The van der Waals surface area contributed by atoms with E-state index in [1.165, 1.54) is 17.8 Å². The van der Waals surface area contributed by atoms with Crippen LogP contribution in [0.1, 0.15) is 37.4 Å². The number of carbonyl (C=O) groups is 2. The van der Waals surface area contributed by atoms with Gasteiger partial charge in [0.1, 0.15) is 18.2 Å². The fourth-order valence-corrected chi connectivity index (χ4v) is 5.01. The Hall–Kier alpha value is -4.90. The number of fused-ring (bicyclic) bond motifs is 1. The zero-order valence-electron chi connectivity index (χ0n) is 24.2. The number of imidazole rings is 1. The Morgan fingerprint density at radius 3 is 2.77 bits per heavy atom. The van der Waals surface area contributed by atoms with Crippen molar-refractivity contribution in [1.29, 1.82) is 10.5 Å². The minimum atomic E-state index is -0.879. The first kappa shape index (κ1) is 32.0. The molecule has 3 atom stereocenters. The minimum Gasteiger partial charge on any atom is -0.457 e. The molecule has 1 aliphatic heterocycles. The number of hydrogen-bond acceptors (Lipinski definition) is 14. The molecule has 0 radical (unpaired) electrons. The maximum atomic E-state index is 12.8. The number of methoxy groups -OCH3 is 1. The smallest absolute Gasteiger partial charge is 0.407 e. The van der Waals surface area contributed by atoms with Crippen molar-refractivity contribution in [3.8, 4) is 12.1 Å². The summed E-state index contributed by atoms with van der Waals surface area (Å²) in [5.74, 6) is -0.125. The van der Waals surface area contributed by atoms with Crippen LogP contribution in [0.25, 0.3) is 5.65 Å². The SMILES string of the molecule is CCNc1nc(Nc2cc(C#N)cc(N3CCC(NC(=O)OC)C(OC(=O)C(N)CCCN)C3)c2Cl)nn2c(C#N)cnc12. The summed E-state index contributed by atoms with van der Waals surface area (Å²) in [7, 11) is 1.24. The van der Waals surface area contributed by atoms with Crippen molar-refractivity contribution in [3.05, 3.63) is 34.6 Å². The molecule has 16 nitrogen and oxygen atoms in total. The van der Waals surface area contributed by atoms with E-state index in [1.54, 1.807) is 12.1 Å². The first-order valence-corrected chi connectivity index (χ1v) is 14.3. The highest BCUT2D eigenvalue weighted by Crippen LogP contribution is 2.37.